The third-order valence-corrected chi connectivity index (χ3v) is 2.77. The third-order valence-electron chi connectivity index (χ3n) is 2.77. The molecule has 0 saturated carbocycles. The van der Waals surface area contributed by atoms with E-state index in [4.69, 9.17) is 4.74 Å². The Kier molecular flexibility index (Phi) is 4.14. The maximum absolute atomic E-state index is 11.8. The molecule has 1 aliphatic heterocycles. The highest BCUT2D eigenvalue weighted by molar-refractivity contribution is 5.73. The SMILES string of the molecule is CCN1CCC(C(=O)OC(C)(C)C)CC1. The molecule has 3 heteroatoms. The first kappa shape index (κ1) is 12.5. The Labute approximate surface area is 92.8 Å². The summed E-state index contributed by atoms with van der Waals surface area (Å²) in [5.74, 6) is 0.102. The van der Waals surface area contributed by atoms with Crippen molar-refractivity contribution in [1.29, 1.82) is 0 Å². The number of carbonyl (C=O) groups excluding carboxylic acids is 1. The summed E-state index contributed by atoms with van der Waals surface area (Å²) in [6.07, 6.45) is 1.89. The fraction of sp³-hybridized carbons (Fsp3) is 0.917. The number of ether oxygens (including phenoxy) is 1. The van der Waals surface area contributed by atoms with Crippen molar-refractivity contribution in [2.75, 3.05) is 19.6 Å². The topological polar surface area (TPSA) is 29.5 Å². The quantitative estimate of drug-likeness (QED) is 0.658. The monoisotopic (exact) mass is 213 g/mol. The van der Waals surface area contributed by atoms with Gasteiger partial charge in [0, 0.05) is 0 Å². The van der Waals surface area contributed by atoms with E-state index in [2.05, 4.69) is 11.8 Å². The fourth-order valence-electron chi connectivity index (χ4n) is 1.87. The zero-order valence-corrected chi connectivity index (χ0v) is 10.4. The van der Waals surface area contributed by atoms with Crippen LogP contribution >= 0.6 is 0 Å². The predicted octanol–water partition coefficient (Wildman–Crippen LogP) is 2.06. The first-order chi connectivity index (χ1) is 6.92. The van der Waals surface area contributed by atoms with Gasteiger partial charge in [0.05, 0.1) is 5.92 Å². The molecule has 1 fully saturated rings. The van der Waals surface area contributed by atoms with Gasteiger partial charge in [0.1, 0.15) is 5.60 Å². The summed E-state index contributed by atoms with van der Waals surface area (Å²) in [6, 6.07) is 0. The van der Waals surface area contributed by atoms with E-state index in [-0.39, 0.29) is 17.5 Å². The molecule has 0 atom stereocenters. The lowest BCUT2D eigenvalue weighted by atomic mass is 9.97. The van der Waals surface area contributed by atoms with Crippen LogP contribution in [0.25, 0.3) is 0 Å². The van der Waals surface area contributed by atoms with E-state index in [1.165, 1.54) is 0 Å². The number of hydrogen-bond acceptors (Lipinski definition) is 3. The van der Waals surface area contributed by atoms with Crippen molar-refractivity contribution in [3.05, 3.63) is 0 Å². The average molecular weight is 213 g/mol. The molecule has 1 saturated heterocycles. The van der Waals surface area contributed by atoms with Gasteiger partial charge in [0.15, 0.2) is 0 Å². The third kappa shape index (κ3) is 4.20. The molecule has 0 amide bonds. The Morgan fingerprint density at radius 1 is 1.33 bits per heavy atom. The minimum absolute atomic E-state index is 0.0155. The molecular weight excluding hydrogens is 190 g/mol. The molecule has 88 valence electrons. The van der Waals surface area contributed by atoms with E-state index < -0.39 is 0 Å². The van der Waals surface area contributed by atoms with Gasteiger partial charge in [-0.25, -0.2) is 0 Å². The van der Waals surface area contributed by atoms with E-state index in [9.17, 15) is 4.79 Å². The summed E-state index contributed by atoms with van der Waals surface area (Å²) in [6.45, 7) is 11.1. The van der Waals surface area contributed by atoms with E-state index in [1.807, 2.05) is 20.8 Å². The van der Waals surface area contributed by atoms with Crippen LogP contribution < -0.4 is 0 Å². The summed E-state index contributed by atoms with van der Waals surface area (Å²) in [4.78, 5) is 14.1. The molecule has 0 aromatic rings. The van der Waals surface area contributed by atoms with Gasteiger partial charge in [-0.3, -0.25) is 4.79 Å². The van der Waals surface area contributed by atoms with Crippen LogP contribution in [0, 0.1) is 5.92 Å². The number of piperidine rings is 1. The minimum Gasteiger partial charge on any atom is -0.460 e. The highest BCUT2D eigenvalue weighted by Gasteiger charge is 2.28. The summed E-state index contributed by atoms with van der Waals surface area (Å²) >= 11 is 0. The summed E-state index contributed by atoms with van der Waals surface area (Å²) in [5, 5.41) is 0. The second kappa shape index (κ2) is 4.97. The lowest BCUT2D eigenvalue weighted by Crippen LogP contribution is -2.38. The number of carbonyl (C=O) groups is 1. The van der Waals surface area contributed by atoms with Gasteiger partial charge < -0.3 is 9.64 Å². The fourth-order valence-corrected chi connectivity index (χ4v) is 1.87. The van der Waals surface area contributed by atoms with Crippen molar-refractivity contribution < 1.29 is 9.53 Å². The first-order valence-corrected chi connectivity index (χ1v) is 5.87. The van der Waals surface area contributed by atoms with E-state index in [0.29, 0.717) is 0 Å². The molecule has 0 aromatic heterocycles. The highest BCUT2D eigenvalue weighted by atomic mass is 16.6. The van der Waals surface area contributed by atoms with Crippen LogP contribution in [-0.4, -0.2) is 36.1 Å². The predicted molar refractivity (Wildman–Crippen MR) is 60.7 cm³/mol. The first-order valence-electron chi connectivity index (χ1n) is 5.87. The Hall–Kier alpha value is -0.570. The molecule has 0 spiro atoms. The minimum atomic E-state index is -0.348. The van der Waals surface area contributed by atoms with Crippen LogP contribution in [0.4, 0.5) is 0 Å². The lowest BCUT2D eigenvalue weighted by Gasteiger charge is -2.31. The number of nitrogens with zero attached hydrogens (tertiary/aromatic N) is 1. The van der Waals surface area contributed by atoms with E-state index in [0.717, 1.165) is 32.5 Å². The molecule has 3 nitrogen and oxygen atoms in total. The standard InChI is InChI=1S/C12H23NO2/c1-5-13-8-6-10(7-9-13)11(14)15-12(2,3)4/h10H,5-9H2,1-4H3. The Bertz CT molecular complexity index is 212. The molecule has 1 heterocycles. The smallest absolute Gasteiger partial charge is 0.309 e. The number of likely N-dealkylation sites (tertiary alicyclic amines) is 1. The number of rotatable bonds is 2. The summed E-state index contributed by atoms with van der Waals surface area (Å²) in [5.41, 5.74) is -0.348. The maximum atomic E-state index is 11.8. The van der Waals surface area contributed by atoms with Crippen molar-refractivity contribution in [2.45, 2.75) is 46.1 Å². The van der Waals surface area contributed by atoms with E-state index >= 15 is 0 Å². The van der Waals surface area contributed by atoms with Gasteiger partial charge in [-0.15, -0.1) is 0 Å². The molecule has 1 rings (SSSR count). The van der Waals surface area contributed by atoms with Crippen LogP contribution in [0.1, 0.15) is 40.5 Å². The zero-order chi connectivity index (χ0) is 11.5. The van der Waals surface area contributed by atoms with Crippen LogP contribution in [0.15, 0.2) is 0 Å². The van der Waals surface area contributed by atoms with Crippen LogP contribution in [0.2, 0.25) is 0 Å². The van der Waals surface area contributed by atoms with Gasteiger partial charge in [-0.1, -0.05) is 6.92 Å². The number of hydrogen-bond donors (Lipinski definition) is 0. The zero-order valence-electron chi connectivity index (χ0n) is 10.4. The van der Waals surface area contributed by atoms with Gasteiger partial charge in [-0.05, 0) is 53.2 Å². The number of esters is 1. The van der Waals surface area contributed by atoms with E-state index in [1.54, 1.807) is 0 Å². The van der Waals surface area contributed by atoms with Gasteiger partial charge in [0.2, 0.25) is 0 Å². The molecular formula is C12H23NO2. The molecule has 15 heavy (non-hydrogen) atoms. The Morgan fingerprint density at radius 2 is 1.87 bits per heavy atom. The molecule has 0 radical (unpaired) electrons. The second-order valence-corrected chi connectivity index (χ2v) is 5.24. The van der Waals surface area contributed by atoms with Gasteiger partial charge in [0.25, 0.3) is 0 Å². The molecule has 0 aliphatic carbocycles. The van der Waals surface area contributed by atoms with Crippen molar-refractivity contribution in [2.24, 2.45) is 5.92 Å². The normalized spacial score (nSPS) is 20.3. The van der Waals surface area contributed by atoms with Crippen molar-refractivity contribution in [3.8, 4) is 0 Å². The van der Waals surface area contributed by atoms with Crippen molar-refractivity contribution in [3.63, 3.8) is 0 Å². The van der Waals surface area contributed by atoms with Crippen molar-refractivity contribution in [1.82, 2.24) is 4.90 Å². The molecule has 0 N–H and O–H groups in total. The van der Waals surface area contributed by atoms with Crippen LogP contribution in [-0.2, 0) is 9.53 Å². The van der Waals surface area contributed by atoms with Crippen molar-refractivity contribution >= 4 is 5.97 Å². The summed E-state index contributed by atoms with van der Waals surface area (Å²) < 4.78 is 5.39. The Morgan fingerprint density at radius 3 is 2.27 bits per heavy atom. The lowest BCUT2D eigenvalue weighted by molar-refractivity contribution is -0.161. The molecule has 0 unspecified atom stereocenters. The molecule has 0 aromatic carbocycles. The molecule has 1 aliphatic rings. The van der Waals surface area contributed by atoms with Crippen LogP contribution in [0.3, 0.4) is 0 Å². The second-order valence-electron chi connectivity index (χ2n) is 5.24. The average Bonchev–Trinajstić information content (AvgIpc) is 2.15. The summed E-state index contributed by atoms with van der Waals surface area (Å²) in [7, 11) is 0. The molecule has 0 bridgehead atoms. The highest BCUT2D eigenvalue weighted by Crippen LogP contribution is 2.21. The van der Waals surface area contributed by atoms with Gasteiger partial charge in [-0.2, -0.15) is 0 Å². The van der Waals surface area contributed by atoms with Crippen LogP contribution in [0.5, 0.6) is 0 Å². The Balaban J connectivity index is 2.37. The van der Waals surface area contributed by atoms with Gasteiger partial charge >= 0.3 is 5.97 Å². The largest absolute Gasteiger partial charge is 0.460 e. The maximum Gasteiger partial charge on any atom is 0.309 e.